The van der Waals surface area contributed by atoms with Gasteiger partial charge in [-0.25, -0.2) is 0 Å². The average molecular weight is 360 g/mol. The lowest BCUT2D eigenvalue weighted by atomic mass is 10.2. The zero-order valence-electron chi connectivity index (χ0n) is 16.2. The Balaban J connectivity index is 5.23. The van der Waals surface area contributed by atoms with E-state index in [0.29, 0.717) is 0 Å². The van der Waals surface area contributed by atoms with Crippen molar-refractivity contribution in [1.29, 1.82) is 0 Å². The molecule has 140 valence electrons. The first-order valence-corrected chi connectivity index (χ1v) is 10.3. The van der Waals surface area contributed by atoms with Gasteiger partial charge < -0.3 is 18.0 Å². The van der Waals surface area contributed by atoms with Crippen molar-refractivity contribution in [1.82, 2.24) is 0 Å². The summed E-state index contributed by atoms with van der Waals surface area (Å²) in [6.07, 6.45) is 5.40. The molecule has 0 rings (SSSR count). The third kappa shape index (κ3) is 9.66. The van der Waals surface area contributed by atoms with Gasteiger partial charge in [-0.2, -0.15) is 0 Å². The van der Waals surface area contributed by atoms with E-state index >= 15 is 0 Å². The first-order valence-electron chi connectivity index (χ1n) is 8.63. The van der Waals surface area contributed by atoms with Crippen molar-refractivity contribution in [3.05, 3.63) is 0 Å². The van der Waals surface area contributed by atoms with E-state index in [9.17, 15) is 0 Å². The van der Waals surface area contributed by atoms with Crippen molar-refractivity contribution in [2.24, 2.45) is 15.5 Å². The highest BCUT2D eigenvalue weighted by Gasteiger charge is 2.57. The van der Waals surface area contributed by atoms with Crippen molar-refractivity contribution >= 4 is 26.2 Å². The van der Waals surface area contributed by atoms with Gasteiger partial charge in [0.1, 0.15) is 0 Å². The maximum Gasteiger partial charge on any atom is 0.957 e. The molecule has 0 radical (unpaired) electrons. The summed E-state index contributed by atoms with van der Waals surface area (Å²) in [4.78, 5) is 0. The van der Waals surface area contributed by atoms with Crippen LogP contribution in [0, 0.1) is 0 Å². The minimum Gasteiger partial charge on any atom is -0.351 e. The van der Waals surface area contributed by atoms with Crippen molar-refractivity contribution in [2.75, 3.05) is 7.11 Å². The summed E-state index contributed by atoms with van der Waals surface area (Å²) >= 11 is 0. The van der Waals surface area contributed by atoms with Gasteiger partial charge in [-0.3, -0.25) is 0 Å². The van der Waals surface area contributed by atoms with Crippen molar-refractivity contribution < 1.29 is 18.0 Å². The highest BCUT2D eigenvalue weighted by atomic mass is 28.4. The maximum absolute atomic E-state index is 5.50. The van der Waals surface area contributed by atoms with E-state index in [0.717, 1.165) is 55.7 Å². The van der Waals surface area contributed by atoms with Crippen molar-refractivity contribution in [3.8, 4) is 0 Å². The zero-order chi connectivity index (χ0) is 18.4. The molecule has 0 unspecified atom stereocenters. The Kier molecular flexibility index (Phi) is 12.2. The van der Waals surface area contributed by atoms with Gasteiger partial charge in [-0.1, -0.05) is 40.0 Å². The van der Waals surface area contributed by atoms with Crippen LogP contribution in [0.1, 0.15) is 80.1 Å². The van der Waals surface area contributed by atoms with Gasteiger partial charge in [0.15, 0.2) is 0 Å². The normalized spacial score (nSPS) is 15.9. The molecule has 24 heavy (non-hydrogen) atoms. The van der Waals surface area contributed by atoms with E-state index in [1.165, 1.54) is 7.11 Å². The summed E-state index contributed by atoms with van der Waals surface area (Å²) in [5.41, 5.74) is 2.51. The van der Waals surface area contributed by atoms with E-state index in [-0.39, 0.29) is 0 Å². The number of hydrogen-bond donors (Lipinski definition) is 0. The number of oxime groups is 3. The van der Waals surface area contributed by atoms with E-state index in [2.05, 4.69) is 36.2 Å². The molecule has 0 bridgehead atoms. The Bertz CT molecular complexity index is 379. The summed E-state index contributed by atoms with van der Waals surface area (Å²) in [5.74, 6) is 0. The van der Waals surface area contributed by atoms with E-state index in [1.54, 1.807) is 0 Å². The summed E-state index contributed by atoms with van der Waals surface area (Å²) in [5, 5.41) is 12.2. The van der Waals surface area contributed by atoms with Crippen LogP contribution in [0.3, 0.4) is 0 Å². The molecule has 0 N–H and O–H groups in total. The average Bonchev–Trinajstić information content (AvgIpc) is 2.55. The molecular weight excluding hydrogens is 326 g/mol. The smallest absolute Gasteiger partial charge is 0.351 e. The molecule has 0 aliphatic rings. The fourth-order valence-corrected chi connectivity index (χ4v) is 2.91. The molecule has 0 aromatic heterocycles. The van der Waals surface area contributed by atoms with E-state index in [1.807, 2.05) is 20.8 Å². The summed E-state index contributed by atoms with van der Waals surface area (Å²) in [6, 6.07) is 0. The fraction of sp³-hybridized carbons (Fsp3) is 0.812. The zero-order valence-corrected chi connectivity index (χ0v) is 17.2. The van der Waals surface area contributed by atoms with Crippen LogP contribution in [0.5, 0.6) is 0 Å². The van der Waals surface area contributed by atoms with Crippen LogP contribution in [0.2, 0.25) is 0 Å². The largest absolute Gasteiger partial charge is 0.957 e. The second-order valence-corrected chi connectivity index (χ2v) is 7.66. The van der Waals surface area contributed by atoms with Gasteiger partial charge in [0.2, 0.25) is 0 Å². The lowest BCUT2D eigenvalue weighted by Gasteiger charge is -2.19. The SMILES string of the molecule is CCCC(C)=NO[Si](OC)(ON=C(C)CCC)ON=C(C)CCC. The van der Waals surface area contributed by atoms with Gasteiger partial charge in [0, 0.05) is 7.11 Å². The molecule has 0 aliphatic heterocycles. The van der Waals surface area contributed by atoms with Crippen LogP contribution in [-0.2, 0) is 18.0 Å². The molecule has 7 nitrogen and oxygen atoms in total. The molecule has 0 aliphatic carbocycles. The molecule has 8 heteroatoms. The van der Waals surface area contributed by atoms with E-state index < -0.39 is 9.05 Å². The third-order valence-corrected chi connectivity index (χ3v) is 4.47. The number of rotatable bonds is 13. The Morgan fingerprint density at radius 2 is 0.958 bits per heavy atom. The summed E-state index contributed by atoms with van der Waals surface area (Å²) in [6.45, 7) is 11.9. The lowest BCUT2D eigenvalue weighted by molar-refractivity contribution is -0.0198. The van der Waals surface area contributed by atoms with E-state index in [4.69, 9.17) is 18.0 Å². The van der Waals surface area contributed by atoms with Crippen molar-refractivity contribution in [2.45, 2.75) is 80.1 Å². The minimum atomic E-state index is -3.61. The van der Waals surface area contributed by atoms with Crippen LogP contribution >= 0.6 is 0 Å². The number of nitrogens with zero attached hydrogens (tertiary/aromatic N) is 3. The molecule has 0 fully saturated rings. The van der Waals surface area contributed by atoms with Crippen LogP contribution < -0.4 is 0 Å². The fourth-order valence-electron chi connectivity index (χ4n) is 1.79. The Hall–Kier alpha value is -1.41. The molecule has 0 amide bonds. The molecule has 0 saturated carbocycles. The van der Waals surface area contributed by atoms with Gasteiger partial charge in [0.05, 0.1) is 17.1 Å². The van der Waals surface area contributed by atoms with Gasteiger partial charge >= 0.3 is 9.05 Å². The molecule has 0 aromatic carbocycles. The molecule has 0 spiro atoms. The molecule has 0 heterocycles. The van der Waals surface area contributed by atoms with Gasteiger partial charge in [-0.15, -0.1) is 15.5 Å². The molecular formula is C16H33N3O4Si. The minimum absolute atomic E-state index is 0.824. The van der Waals surface area contributed by atoms with Crippen LogP contribution in [0.25, 0.3) is 0 Å². The first kappa shape index (κ1) is 22.6. The monoisotopic (exact) mass is 359 g/mol. The maximum atomic E-state index is 5.50. The summed E-state index contributed by atoms with van der Waals surface area (Å²) in [7, 11) is -2.16. The molecule has 0 aromatic rings. The van der Waals surface area contributed by atoms with Gasteiger partial charge in [0.25, 0.3) is 0 Å². The third-order valence-electron chi connectivity index (χ3n) is 3.03. The topological polar surface area (TPSA) is 74.0 Å². The first-order chi connectivity index (χ1) is 11.4. The Labute approximate surface area is 147 Å². The number of hydrogen-bond acceptors (Lipinski definition) is 7. The van der Waals surface area contributed by atoms with Crippen LogP contribution in [0.15, 0.2) is 15.5 Å². The highest BCUT2D eigenvalue weighted by Crippen LogP contribution is 2.14. The second kappa shape index (κ2) is 12.9. The van der Waals surface area contributed by atoms with Crippen molar-refractivity contribution in [3.63, 3.8) is 0 Å². The lowest BCUT2D eigenvalue weighted by Crippen LogP contribution is -2.45. The van der Waals surface area contributed by atoms with Crippen LogP contribution in [-0.4, -0.2) is 33.3 Å². The molecule has 0 atom stereocenters. The Morgan fingerprint density at radius 1 is 0.667 bits per heavy atom. The summed E-state index contributed by atoms with van der Waals surface area (Å²) < 4.78 is 21.9. The van der Waals surface area contributed by atoms with Gasteiger partial charge in [-0.05, 0) is 40.0 Å². The highest BCUT2D eigenvalue weighted by molar-refractivity contribution is 6.53. The second-order valence-electron chi connectivity index (χ2n) is 5.71. The Morgan fingerprint density at radius 3 is 1.17 bits per heavy atom. The predicted octanol–water partition coefficient (Wildman–Crippen LogP) is 4.65. The quantitative estimate of drug-likeness (QED) is 0.273. The predicted molar refractivity (Wildman–Crippen MR) is 100 cm³/mol. The van der Waals surface area contributed by atoms with Crippen LogP contribution in [0.4, 0.5) is 0 Å². The molecule has 0 saturated heterocycles. The standard InChI is InChI=1S/C16H33N3O4Si/c1-8-11-14(4)17-21-24(20-7,22-18-15(5)12-9-2)23-19-16(6)13-10-3/h8-13H2,1-7H3.